The van der Waals surface area contributed by atoms with Gasteiger partial charge < -0.3 is 5.11 Å². The summed E-state index contributed by atoms with van der Waals surface area (Å²) < 4.78 is 0. The van der Waals surface area contributed by atoms with E-state index in [0.29, 0.717) is 6.61 Å². The van der Waals surface area contributed by atoms with E-state index in [1.807, 2.05) is 0 Å². The zero-order valence-electron chi connectivity index (χ0n) is 11.8. The van der Waals surface area contributed by atoms with Crippen LogP contribution < -0.4 is 0 Å². The van der Waals surface area contributed by atoms with Gasteiger partial charge in [0, 0.05) is 6.61 Å². The minimum Gasteiger partial charge on any atom is -0.396 e. The SMILES string of the molecule is C[C@@H](CCCCCCCCO)Cc1ccccc1. The molecule has 1 N–H and O–H groups in total. The molecule has 18 heavy (non-hydrogen) atoms. The van der Waals surface area contributed by atoms with Crippen molar-refractivity contribution >= 4 is 0 Å². The molecule has 1 rings (SSSR count). The molecule has 0 amide bonds. The lowest BCUT2D eigenvalue weighted by atomic mass is 9.95. The van der Waals surface area contributed by atoms with Crippen LogP contribution in [0.5, 0.6) is 0 Å². The molecule has 0 spiro atoms. The number of aliphatic hydroxyl groups is 1. The fourth-order valence-electron chi connectivity index (χ4n) is 2.43. The van der Waals surface area contributed by atoms with Crippen LogP contribution in [0.1, 0.15) is 57.4 Å². The first-order chi connectivity index (χ1) is 8.83. The molecule has 1 atom stereocenters. The quantitative estimate of drug-likeness (QED) is 0.600. The Morgan fingerprint density at radius 3 is 2.17 bits per heavy atom. The van der Waals surface area contributed by atoms with Crippen LogP contribution >= 0.6 is 0 Å². The maximum absolute atomic E-state index is 8.68. The van der Waals surface area contributed by atoms with Gasteiger partial charge in [-0.05, 0) is 24.3 Å². The standard InChI is InChI=1S/C17H28O/c1-16(15-17-12-8-6-9-13-17)11-7-4-2-3-5-10-14-18/h6,8-9,12-13,16,18H,2-5,7,10-11,14-15H2,1H3/t16-/m0/s1. The van der Waals surface area contributed by atoms with E-state index in [1.54, 1.807) is 0 Å². The lowest BCUT2D eigenvalue weighted by molar-refractivity contribution is 0.282. The number of rotatable bonds is 10. The topological polar surface area (TPSA) is 20.2 Å². The third-order valence-electron chi connectivity index (χ3n) is 3.53. The summed E-state index contributed by atoms with van der Waals surface area (Å²) >= 11 is 0. The molecule has 1 aromatic carbocycles. The van der Waals surface area contributed by atoms with Gasteiger partial charge in [-0.15, -0.1) is 0 Å². The fraction of sp³-hybridized carbons (Fsp3) is 0.647. The minimum absolute atomic E-state index is 0.355. The highest BCUT2D eigenvalue weighted by atomic mass is 16.2. The molecule has 0 aliphatic carbocycles. The van der Waals surface area contributed by atoms with Crippen molar-refractivity contribution in [2.75, 3.05) is 6.61 Å². The second-order valence-electron chi connectivity index (χ2n) is 5.43. The zero-order chi connectivity index (χ0) is 13.1. The maximum Gasteiger partial charge on any atom is 0.0431 e. The maximum atomic E-state index is 8.68. The van der Waals surface area contributed by atoms with Crippen LogP contribution in [0.2, 0.25) is 0 Å². The number of benzene rings is 1. The third kappa shape index (κ3) is 7.50. The van der Waals surface area contributed by atoms with E-state index in [2.05, 4.69) is 37.3 Å². The lowest BCUT2D eigenvalue weighted by Crippen LogP contribution is -1.99. The normalized spacial score (nSPS) is 12.6. The Hall–Kier alpha value is -0.820. The average molecular weight is 248 g/mol. The van der Waals surface area contributed by atoms with Crippen LogP contribution in [0.15, 0.2) is 30.3 Å². The highest BCUT2D eigenvalue weighted by Gasteiger charge is 2.03. The second kappa shape index (κ2) is 10.1. The van der Waals surface area contributed by atoms with E-state index < -0.39 is 0 Å². The first kappa shape index (κ1) is 15.2. The first-order valence-electron chi connectivity index (χ1n) is 7.47. The second-order valence-corrected chi connectivity index (χ2v) is 5.43. The van der Waals surface area contributed by atoms with E-state index in [-0.39, 0.29) is 0 Å². The molecule has 1 aromatic rings. The fourth-order valence-corrected chi connectivity index (χ4v) is 2.43. The first-order valence-corrected chi connectivity index (χ1v) is 7.47. The van der Waals surface area contributed by atoms with Crippen LogP contribution in [0.3, 0.4) is 0 Å². The Morgan fingerprint density at radius 1 is 0.889 bits per heavy atom. The van der Waals surface area contributed by atoms with E-state index >= 15 is 0 Å². The zero-order valence-corrected chi connectivity index (χ0v) is 11.8. The van der Waals surface area contributed by atoms with Gasteiger partial charge in [-0.1, -0.05) is 75.8 Å². The number of hydrogen-bond acceptors (Lipinski definition) is 1. The van der Waals surface area contributed by atoms with Crippen molar-refractivity contribution in [1.82, 2.24) is 0 Å². The van der Waals surface area contributed by atoms with Crippen molar-refractivity contribution in [3.63, 3.8) is 0 Å². The van der Waals surface area contributed by atoms with Gasteiger partial charge in [0.2, 0.25) is 0 Å². The highest BCUT2D eigenvalue weighted by molar-refractivity contribution is 5.14. The molecule has 1 heteroatoms. The molecule has 0 heterocycles. The molecule has 0 radical (unpaired) electrons. The van der Waals surface area contributed by atoms with Gasteiger partial charge in [0.25, 0.3) is 0 Å². The summed E-state index contributed by atoms with van der Waals surface area (Å²) in [5, 5.41) is 8.68. The number of hydrogen-bond donors (Lipinski definition) is 1. The summed E-state index contributed by atoms with van der Waals surface area (Å²) in [6.07, 6.45) is 10.0. The Balaban J connectivity index is 1.99. The molecule has 0 aliphatic heterocycles. The van der Waals surface area contributed by atoms with Gasteiger partial charge in [0.05, 0.1) is 0 Å². The number of unbranched alkanes of at least 4 members (excludes halogenated alkanes) is 5. The Kier molecular flexibility index (Phi) is 8.58. The predicted molar refractivity (Wildman–Crippen MR) is 78.7 cm³/mol. The van der Waals surface area contributed by atoms with Gasteiger partial charge in [-0.25, -0.2) is 0 Å². The van der Waals surface area contributed by atoms with E-state index in [0.717, 1.165) is 12.3 Å². The molecule has 0 unspecified atom stereocenters. The molecule has 1 nitrogen and oxygen atoms in total. The van der Waals surface area contributed by atoms with Crippen molar-refractivity contribution in [3.05, 3.63) is 35.9 Å². The summed E-state index contributed by atoms with van der Waals surface area (Å²) in [7, 11) is 0. The molecule has 0 saturated heterocycles. The van der Waals surface area contributed by atoms with E-state index in [9.17, 15) is 0 Å². The summed E-state index contributed by atoms with van der Waals surface area (Å²) in [6, 6.07) is 10.8. The largest absolute Gasteiger partial charge is 0.396 e. The van der Waals surface area contributed by atoms with Gasteiger partial charge in [-0.3, -0.25) is 0 Å². The molecular formula is C17H28O. The summed E-state index contributed by atoms with van der Waals surface area (Å²) in [5.74, 6) is 0.796. The molecule has 0 saturated carbocycles. The molecular weight excluding hydrogens is 220 g/mol. The van der Waals surface area contributed by atoms with E-state index in [4.69, 9.17) is 5.11 Å². The molecule has 102 valence electrons. The van der Waals surface area contributed by atoms with Crippen molar-refractivity contribution in [3.8, 4) is 0 Å². The third-order valence-corrected chi connectivity index (χ3v) is 3.53. The Labute approximate surface area is 112 Å². The molecule has 0 aromatic heterocycles. The van der Waals surface area contributed by atoms with Gasteiger partial charge in [-0.2, -0.15) is 0 Å². The van der Waals surface area contributed by atoms with Crippen molar-refractivity contribution in [2.24, 2.45) is 5.92 Å². The van der Waals surface area contributed by atoms with E-state index in [1.165, 1.54) is 50.5 Å². The monoisotopic (exact) mass is 248 g/mol. The summed E-state index contributed by atoms with van der Waals surface area (Å²) in [6.45, 7) is 2.72. The minimum atomic E-state index is 0.355. The predicted octanol–water partition coefficient (Wildman–Crippen LogP) is 4.59. The molecule has 0 aliphatic rings. The van der Waals surface area contributed by atoms with Crippen molar-refractivity contribution in [1.29, 1.82) is 0 Å². The van der Waals surface area contributed by atoms with Crippen LogP contribution in [0.25, 0.3) is 0 Å². The summed E-state index contributed by atoms with van der Waals surface area (Å²) in [5.41, 5.74) is 1.47. The van der Waals surface area contributed by atoms with Crippen molar-refractivity contribution in [2.45, 2.75) is 58.3 Å². The lowest BCUT2D eigenvalue weighted by Gasteiger charge is -2.11. The van der Waals surface area contributed by atoms with Crippen LogP contribution in [-0.2, 0) is 6.42 Å². The summed E-state index contributed by atoms with van der Waals surface area (Å²) in [4.78, 5) is 0. The van der Waals surface area contributed by atoms with Crippen LogP contribution in [0, 0.1) is 5.92 Å². The molecule has 0 bridgehead atoms. The average Bonchev–Trinajstić information content (AvgIpc) is 2.39. The van der Waals surface area contributed by atoms with Crippen molar-refractivity contribution < 1.29 is 5.11 Å². The number of aliphatic hydroxyl groups excluding tert-OH is 1. The van der Waals surface area contributed by atoms with Crippen LogP contribution in [-0.4, -0.2) is 11.7 Å². The van der Waals surface area contributed by atoms with Crippen LogP contribution in [0.4, 0.5) is 0 Å². The smallest absolute Gasteiger partial charge is 0.0431 e. The molecule has 0 fully saturated rings. The van der Waals surface area contributed by atoms with Gasteiger partial charge >= 0.3 is 0 Å². The Morgan fingerprint density at radius 2 is 1.50 bits per heavy atom. The highest BCUT2D eigenvalue weighted by Crippen LogP contribution is 2.16. The Bertz CT molecular complexity index is 281. The van der Waals surface area contributed by atoms with Gasteiger partial charge in [0.15, 0.2) is 0 Å². The van der Waals surface area contributed by atoms with Gasteiger partial charge in [0.1, 0.15) is 0 Å².